The molecule has 0 aliphatic rings. The Morgan fingerprint density at radius 1 is 0.906 bits per heavy atom. The van der Waals surface area contributed by atoms with Crippen molar-refractivity contribution in [2.45, 2.75) is 34.7 Å². The van der Waals surface area contributed by atoms with Gasteiger partial charge in [-0.1, -0.05) is 52.6 Å². The van der Waals surface area contributed by atoms with Gasteiger partial charge in [-0.2, -0.15) is 13.2 Å². The Bertz CT molecular complexity index is 1300. The Labute approximate surface area is 202 Å². The van der Waals surface area contributed by atoms with Gasteiger partial charge in [0.2, 0.25) is 10.0 Å². The van der Waals surface area contributed by atoms with Crippen LogP contribution in [0.2, 0.25) is 15.1 Å². The largest absolute Gasteiger partial charge is 0.417 e. The molecule has 3 rings (SSSR count). The predicted octanol–water partition coefficient (Wildman–Crippen LogP) is 7.75. The van der Waals surface area contributed by atoms with E-state index < -0.39 is 37.2 Å². The summed E-state index contributed by atoms with van der Waals surface area (Å²) in [4.78, 5) is 0.644. The highest BCUT2D eigenvalue weighted by molar-refractivity contribution is 7.99. The molecule has 3 aromatic carbocycles. The van der Waals surface area contributed by atoms with Crippen LogP contribution in [0.4, 0.5) is 13.2 Å². The Morgan fingerprint density at radius 3 is 2.00 bits per heavy atom. The van der Waals surface area contributed by atoms with E-state index in [1.807, 2.05) is 32.0 Å². The molecule has 3 nitrogen and oxygen atoms in total. The minimum atomic E-state index is -4.82. The minimum absolute atomic E-state index is 0.0842. The first-order valence-electron chi connectivity index (χ1n) is 8.87. The zero-order valence-electron chi connectivity index (χ0n) is 16.5. The molecule has 0 saturated heterocycles. The average Bonchev–Trinajstić information content (AvgIpc) is 2.65. The molecule has 11 heteroatoms. The number of hydrogen-bond acceptors (Lipinski definition) is 3. The molecular weight excluding hydrogens is 526 g/mol. The fourth-order valence-corrected chi connectivity index (χ4v) is 5.84. The molecule has 170 valence electrons. The second-order valence-corrected chi connectivity index (χ2v) is 10.8. The molecule has 0 aliphatic carbocycles. The van der Waals surface area contributed by atoms with E-state index in [9.17, 15) is 21.6 Å². The molecule has 32 heavy (non-hydrogen) atoms. The molecule has 0 atom stereocenters. The van der Waals surface area contributed by atoms with Crippen LogP contribution in [-0.4, -0.2) is 8.42 Å². The summed E-state index contributed by atoms with van der Waals surface area (Å²) in [6, 6.07) is 9.61. The first kappa shape index (κ1) is 25.2. The molecule has 0 unspecified atom stereocenters. The molecule has 0 radical (unpaired) electrons. The summed E-state index contributed by atoms with van der Waals surface area (Å²) in [5, 5.41) is 4.61. The van der Waals surface area contributed by atoms with Crippen LogP contribution in [0.3, 0.4) is 0 Å². The summed E-state index contributed by atoms with van der Waals surface area (Å²) < 4.78 is 64.6. The Morgan fingerprint density at radius 2 is 1.50 bits per heavy atom. The normalized spacial score (nSPS) is 12.3. The molecule has 0 bridgehead atoms. The molecule has 0 aliphatic heterocycles. The summed E-state index contributed by atoms with van der Waals surface area (Å²) in [5.74, 6) is 0. The number of rotatable bonds is 4. The maximum atomic E-state index is 13.7. The maximum absolute atomic E-state index is 13.7. The zero-order valence-corrected chi connectivity index (χ0v) is 20.4. The van der Waals surface area contributed by atoms with Gasteiger partial charge in [0.15, 0.2) is 0 Å². The third-order valence-corrected chi connectivity index (χ3v) is 8.12. The van der Waals surface area contributed by atoms with Gasteiger partial charge in [-0.05, 0) is 66.9 Å². The third kappa shape index (κ3) is 5.21. The third-order valence-electron chi connectivity index (χ3n) is 4.70. The summed E-state index contributed by atoms with van der Waals surface area (Å²) in [7, 11) is -4.37. The van der Waals surface area contributed by atoms with Gasteiger partial charge in [-0.3, -0.25) is 0 Å². The molecule has 0 saturated carbocycles. The number of sulfonamides is 1. The van der Waals surface area contributed by atoms with Crippen molar-refractivity contribution < 1.29 is 21.6 Å². The summed E-state index contributed by atoms with van der Waals surface area (Å²) in [6.45, 7) is 3.92. The molecule has 2 N–H and O–H groups in total. The number of hydrogen-bond donors (Lipinski definition) is 1. The van der Waals surface area contributed by atoms with Crippen LogP contribution in [0, 0.1) is 13.8 Å². The van der Waals surface area contributed by atoms with Crippen LogP contribution in [-0.2, 0) is 16.2 Å². The summed E-state index contributed by atoms with van der Waals surface area (Å²) in [6.07, 6.45) is -4.82. The highest BCUT2D eigenvalue weighted by Crippen LogP contribution is 2.47. The van der Waals surface area contributed by atoms with Crippen molar-refractivity contribution in [2.75, 3.05) is 0 Å². The first-order chi connectivity index (χ1) is 14.7. The lowest BCUT2D eigenvalue weighted by molar-refractivity contribution is -0.137. The standard InChI is InChI=1S/C21H15Cl3F3NO2S2/c1-10-3-4-13(7-11(10)2)31-20-15(22)8-12(9-16(20)23)18-14(21(25,26)27)5-6-17(19(18)24)32(28,29)30/h3-9H,1-2H3,(H2,28,29,30). The van der Waals surface area contributed by atoms with E-state index in [0.717, 1.165) is 22.1 Å². The first-order valence-corrected chi connectivity index (χ1v) is 12.4. The van der Waals surface area contributed by atoms with Crippen molar-refractivity contribution in [1.82, 2.24) is 0 Å². The van der Waals surface area contributed by atoms with E-state index in [-0.39, 0.29) is 15.6 Å². The SMILES string of the molecule is Cc1ccc(Sc2c(Cl)cc(-c3c(C(F)(F)F)ccc(S(N)(=O)=O)c3Cl)cc2Cl)cc1C. The molecule has 0 fully saturated rings. The molecule has 3 aromatic rings. The molecule has 0 spiro atoms. The van der Waals surface area contributed by atoms with E-state index in [0.29, 0.717) is 11.0 Å². The van der Waals surface area contributed by atoms with Crippen molar-refractivity contribution in [3.8, 4) is 11.1 Å². The number of halogens is 6. The van der Waals surface area contributed by atoms with Gasteiger partial charge >= 0.3 is 6.18 Å². The van der Waals surface area contributed by atoms with Crippen molar-refractivity contribution >= 4 is 56.6 Å². The topological polar surface area (TPSA) is 60.2 Å². The molecule has 0 heterocycles. The zero-order chi connectivity index (χ0) is 24.0. The van der Waals surface area contributed by atoms with Gasteiger partial charge < -0.3 is 0 Å². The van der Waals surface area contributed by atoms with Gasteiger partial charge in [0.05, 0.1) is 20.6 Å². The van der Waals surface area contributed by atoms with Gasteiger partial charge in [-0.15, -0.1) is 0 Å². The summed E-state index contributed by atoms with van der Waals surface area (Å²) in [5.41, 5.74) is 0.354. The quantitative estimate of drug-likeness (QED) is 0.368. The number of aryl methyl sites for hydroxylation is 2. The van der Waals surface area contributed by atoms with E-state index in [2.05, 4.69) is 0 Å². The number of nitrogens with two attached hydrogens (primary N) is 1. The van der Waals surface area contributed by atoms with Crippen molar-refractivity contribution in [3.05, 3.63) is 74.2 Å². The fourth-order valence-electron chi connectivity index (χ4n) is 2.99. The van der Waals surface area contributed by atoms with Gasteiger partial charge in [0.1, 0.15) is 4.90 Å². The van der Waals surface area contributed by atoms with Crippen LogP contribution in [0.5, 0.6) is 0 Å². The Kier molecular flexibility index (Phi) is 7.15. The Hall–Kier alpha value is -1.42. The average molecular weight is 541 g/mol. The van der Waals surface area contributed by atoms with E-state index in [4.69, 9.17) is 39.9 Å². The van der Waals surface area contributed by atoms with Crippen LogP contribution in [0.1, 0.15) is 16.7 Å². The van der Waals surface area contributed by atoms with Crippen molar-refractivity contribution in [1.29, 1.82) is 0 Å². The van der Waals surface area contributed by atoms with Crippen molar-refractivity contribution in [3.63, 3.8) is 0 Å². The molecular formula is C21H15Cl3F3NO2S2. The second-order valence-electron chi connectivity index (χ2n) is 6.96. The van der Waals surface area contributed by atoms with Crippen LogP contribution < -0.4 is 5.14 Å². The lowest BCUT2D eigenvalue weighted by Gasteiger charge is -2.18. The van der Waals surface area contributed by atoms with Crippen molar-refractivity contribution in [2.24, 2.45) is 5.14 Å². The van der Waals surface area contributed by atoms with E-state index in [1.165, 1.54) is 23.9 Å². The second kappa shape index (κ2) is 9.08. The van der Waals surface area contributed by atoms with E-state index >= 15 is 0 Å². The Balaban J connectivity index is 2.19. The van der Waals surface area contributed by atoms with Crippen LogP contribution in [0.15, 0.2) is 57.2 Å². The number of benzene rings is 3. The monoisotopic (exact) mass is 539 g/mol. The minimum Gasteiger partial charge on any atom is -0.225 e. The maximum Gasteiger partial charge on any atom is 0.417 e. The lowest BCUT2D eigenvalue weighted by atomic mass is 9.99. The van der Waals surface area contributed by atoms with Crippen LogP contribution in [0.25, 0.3) is 11.1 Å². The van der Waals surface area contributed by atoms with Gasteiger partial charge in [-0.25, -0.2) is 13.6 Å². The van der Waals surface area contributed by atoms with Crippen LogP contribution >= 0.6 is 46.6 Å². The number of alkyl halides is 3. The van der Waals surface area contributed by atoms with E-state index in [1.54, 1.807) is 0 Å². The highest BCUT2D eigenvalue weighted by atomic mass is 35.5. The number of primary sulfonamides is 1. The van der Waals surface area contributed by atoms with Gasteiger partial charge in [0, 0.05) is 15.4 Å². The molecule has 0 amide bonds. The molecule has 0 aromatic heterocycles. The van der Waals surface area contributed by atoms with Gasteiger partial charge in [0.25, 0.3) is 0 Å². The lowest BCUT2D eigenvalue weighted by Crippen LogP contribution is -2.15. The smallest absolute Gasteiger partial charge is 0.225 e. The predicted molar refractivity (Wildman–Crippen MR) is 123 cm³/mol. The fraction of sp³-hybridized carbons (Fsp3) is 0.143. The summed E-state index contributed by atoms with van der Waals surface area (Å²) >= 11 is 20.1. The highest BCUT2D eigenvalue weighted by Gasteiger charge is 2.36.